The predicted molar refractivity (Wildman–Crippen MR) is 175 cm³/mol. The summed E-state index contributed by atoms with van der Waals surface area (Å²) < 4.78 is 29.5. The van der Waals surface area contributed by atoms with Gasteiger partial charge in [0.25, 0.3) is 7.82 Å². The van der Waals surface area contributed by atoms with E-state index in [1.165, 1.54) is 95.5 Å². The highest BCUT2D eigenvalue weighted by atomic mass is 31.2. The average molecular weight is 613 g/mol. The van der Waals surface area contributed by atoms with Crippen molar-refractivity contribution < 1.29 is 27.7 Å². The number of nitrogens with one attached hydrogen (secondary N) is 1. The van der Waals surface area contributed by atoms with Gasteiger partial charge in [-0.15, -0.1) is 0 Å². The molecular weight excluding hydrogens is 547 g/mol. The summed E-state index contributed by atoms with van der Waals surface area (Å²) in [4.78, 5) is 12.5. The summed E-state index contributed by atoms with van der Waals surface area (Å²) in [5.74, 6) is 0. The van der Waals surface area contributed by atoms with Crippen LogP contribution < -0.4 is 10.2 Å². The van der Waals surface area contributed by atoms with Gasteiger partial charge >= 0.3 is 0 Å². The summed E-state index contributed by atoms with van der Waals surface area (Å²) >= 11 is 0. The normalized spacial score (nSPS) is 14.2. The Morgan fingerprint density at radius 1 is 0.786 bits per heavy atom. The second-order valence-corrected chi connectivity index (χ2v) is 14.2. The number of hydrogen-bond donors (Lipinski definition) is 1. The van der Waals surface area contributed by atoms with E-state index in [9.17, 15) is 9.46 Å². The van der Waals surface area contributed by atoms with Crippen LogP contribution in [0.1, 0.15) is 115 Å². The number of hydrogen-bond acceptors (Lipinski definition) is 6. The molecule has 0 saturated heterocycles. The standard InChI is InChI=1S/C34H65N2O5P/c1-5-6-7-8-9-10-11-12-13-14-15-16-17-18-19-23-29-39-32-34(31-35-27-26-33-24-21-20-22-25-33)41-42(37,38)40-30-28-36(2,3)4/h20-22,24-25,34-35H,5-19,23,26-32H2,1-4H3. The third-order valence-corrected chi connectivity index (χ3v) is 8.60. The van der Waals surface area contributed by atoms with Crippen LogP contribution >= 0.6 is 7.82 Å². The molecule has 1 aromatic carbocycles. The number of likely N-dealkylation sites (N-methyl/N-ethyl adjacent to an activating group) is 1. The maximum Gasteiger partial charge on any atom is 0.268 e. The Bertz CT molecular complexity index is 775. The first-order valence-corrected chi connectivity index (χ1v) is 18.4. The number of benzene rings is 1. The van der Waals surface area contributed by atoms with E-state index >= 15 is 0 Å². The smallest absolute Gasteiger partial charge is 0.268 e. The zero-order chi connectivity index (χ0) is 30.8. The van der Waals surface area contributed by atoms with E-state index < -0.39 is 13.9 Å². The maximum atomic E-state index is 12.5. The molecule has 0 bridgehead atoms. The van der Waals surface area contributed by atoms with Gasteiger partial charge in [0.1, 0.15) is 19.3 Å². The van der Waals surface area contributed by atoms with Gasteiger partial charge < -0.3 is 28.5 Å². The number of unbranched alkanes of at least 4 members (excludes halogenated alkanes) is 15. The first kappa shape index (κ1) is 39.2. The highest BCUT2D eigenvalue weighted by molar-refractivity contribution is 7.45. The van der Waals surface area contributed by atoms with Crippen molar-refractivity contribution in [3.63, 3.8) is 0 Å². The van der Waals surface area contributed by atoms with Crippen LogP contribution in [0.25, 0.3) is 0 Å². The summed E-state index contributed by atoms with van der Waals surface area (Å²) in [6.07, 6.45) is 21.6. The Kier molecular flexibility index (Phi) is 23.8. The third-order valence-electron chi connectivity index (χ3n) is 7.54. The van der Waals surface area contributed by atoms with E-state index in [0.717, 1.165) is 25.8 Å². The lowest BCUT2D eigenvalue weighted by Gasteiger charge is -2.30. The minimum Gasteiger partial charge on any atom is -0.756 e. The number of phosphoric acid groups is 1. The predicted octanol–water partition coefficient (Wildman–Crippen LogP) is 7.67. The topological polar surface area (TPSA) is 79.9 Å². The zero-order valence-corrected chi connectivity index (χ0v) is 28.6. The molecule has 0 heterocycles. The first-order chi connectivity index (χ1) is 20.2. The molecule has 2 atom stereocenters. The van der Waals surface area contributed by atoms with Gasteiger partial charge in [-0.05, 0) is 24.9 Å². The quantitative estimate of drug-likeness (QED) is 0.0546. The molecule has 0 aromatic heterocycles. The van der Waals surface area contributed by atoms with E-state index in [2.05, 4.69) is 24.4 Å². The summed E-state index contributed by atoms with van der Waals surface area (Å²) in [6, 6.07) is 10.2. The van der Waals surface area contributed by atoms with E-state index in [-0.39, 0.29) is 13.2 Å². The van der Waals surface area contributed by atoms with E-state index in [4.69, 9.17) is 13.8 Å². The Labute approximate surface area is 259 Å². The number of ether oxygens (including phenoxy) is 1. The largest absolute Gasteiger partial charge is 0.756 e. The van der Waals surface area contributed by atoms with Crippen LogP contribution in [0, 0.1) is 0 Å². The van der Waals surface area contributed by atoms with Gasteiger partial charge in [0.15, 0.2) is 0 Å². The fraction of sp³-hybridized carbons (Fsp3) is 0.824. The van der Waals surface area contributed by atoms with Gasteiger partial charge in [0, 0.05) is 13.2 Å². The molecule has 0 aliphatic rings. The van der Waals surface area contributed by atoms with Crippen molar-refractivity contribution in [2.24, 2.45) is 0 Å². The lowest BCUT2D eigenvalue weighted by atomic mass is 10.0. The first-order valence-electron chi connectivity index (χ1n) is 17.0. The van der Waals surface area contributed by atoms with Crippen LogP contribution in [0.3, 0.4) is 0 Å². The molecule has 1 rings (SSSR count). The van der Waals surface area contributed by atoms with Gasteiger partial charge in [0.05, 0.1) is 27.7 Å². The second-order valence-electron chi connectivity index (χ2n) is 12.8. The Morgan fingerprint density at radius 3 is 1.83 bits per heavy atom. The SMILES string of the molecule is CCCCCCCCCCCCCCCCCCOCC(CNCCc1ccccc1)OP(=O)([O-])OCC[N+](C)(C)C. The molecule has 1 N–H and O–H groups in total. The van der Waals surface area contributed by atoms with Crippen LogP contribution in [0.2, 0.25) is 0 Å². The van der Waals surface area contributed by atoms with E-state index in [1.807, 2.05) is 39.3 Å². The number of phosphoric ester groups is 1. The van der Waals surface area contributed by atoms with E-state index in [1.54, 1.807) is 0 Å². The van der Waals surface area contributed by atoms with Crippen molar-refractivity contribution in [2.75, 3.05) is 60.6 Å². The van der Waals surface area contributed by atoms with Gasteiger partial charge in [-0.25, -0.2) is 0 Å². The summed E-state index contributed by atoms with van der Waals surface area (Å²) in [7, 11) is 1.56. The molecular formula is C34H65N2O5P. The summed E-state index contributed by atoms with van der Waals surface area (Å²) in [5, 5.41) is 3.32. The molecule has 7 nitrogen and oxygen atoms in total. The minimum atomic E-state index is -4.42. The Hall–Kier alpha value is -0.790. The van der Waals surface area contributed by atoms with Crippen LogP contribution in [0.15, 0.2) is 30.3 Å². The molecule has 0 spiro atoms. The Balaban J connectivity index is 2.15. The minimum absolute atomic E-state index is 0.0957. The number of quaternary nitrogens is 1. The Morgan fingerprint density at radius 2 is 1.31 bits per heavy atom. The van der Waals surface area contributed by atoms with Crippen LogP contribution in [0.4, 0.5) is 0 Å². The van der Waals surface area contributed by atoms with Gasteiger partial charge in [-0.3, -0.25) is 4.57 Å². The molecule has 246 valence electrons. The second kappa shape index (κ2) is 25.5. The highest BCUT2D eigenvalue weighted by Crippen LogP contribution is 2.39. The molecule has 0 aliphatic heterocycles. The molecule has 8 heteroatoms. The van der Waals surface area contributed by atoms with E-state index in [0.29, 0.717) is 24.2 Å². The molecule has 0 radical (unpaired) electrons. The fourth-order valence-corrected chi connectivity index (χ4v) is 5.74. The summed E-state index contributed by atoms with van der Waals surface area (Å²) in [5.41, 5.74) is 1.24. The van der Waals surface area contributed by atoms with Crippen LogP contribution in [-0.4, -0.2) is 71.2 Å². The number of nitrogens with zero attached hydrogens (tertiary/aromatic N) is 1. The van der Waals surface area contributed by atoms with Crippen molar-refractivity contribution in [2.45, 2.75) is 122 Å². The van der Waals surface area contributed by atoms with Crippen molar-refractivity contribution in [1.82, 2.24) is 5.32 Å². The number of rotatable bonds is 30. The molecule has 42 heavy (non-hydrogen) atoms. The molecule has 0 aliphatic carbocycles. The molecule has 0 fully saturated rings. The monoisotopic (exact) mass is 612 g/mol. The molecule has 1 aromatic rings. The lowest BCUT2D eigenvalue weighted by molar-refractivity contribution is -0.870. The van der Waals surface area contributed by atoms with Gasteiger partial charge in [0.2, 0.25) is 0 Å². The van der Waals surface area contributed by atoms with Crippen molar-refractivity contribution >= 4 is 7.82 Å². The maximum absolute atomic E-state index is 12.5. The third kappa shape index (κ3) is 25.7. The van der Waals surface area contributed by atoms with Crippen molar-refractivity contribution in [1.29, 1.82) is 0 Å². The van der Waals surface area contributed by atoms with Crippen LogP contribution in [-0.2, 0) is 24.8 Å². The fourth-order valence-electron chi connectivity index (χ4n) is 4.87. The average Bonchev–Trinajstić information content (AvgIpc) is 2.94. The van der Waals surface area contributed by atoms with Gasteiger partial charge in [-0.1, -0.05) is 134 Å². The van der Waals surface area contributed by atoms with Gasteiger partial charge in [-0.2, -0.15) is 0 Å². The van der Waals surface area contributed by atoms with Crippen LogP contribution in [0.5, 0.6) is 0 Å². The highest BCUT2D eigenvalue weighted by Gasteiger charge is 2.20. The lowest BCUT2D eigenvalue weighted by Crippen LogP contribution is -2.38. The van der Waals surface area contributed by atoms with Crippen molar-refractivity contribution in [3.8, 4) is 0 Å². The zero-order valence-electron chi connectivity index (χ0n) is 27.7. The summed E-state index contributed by atoms with van der Waals surface area (Å²) in [6.45, 7) is 4.91. The molecule has 2 unspecified atom stereocenters. The molecule has 0 amide bonds. The van der Waals surface area contributed by atoms with Crippen molar-refractivity contribution in [3.05, 3.63) is 35.9 Å². The molecule has 0 saturated carbocycles.